The van der Waals surface area contributed by atoms with Crippen molar-refractivity contribution in [1.29, 1.82) is 0 Å². The first kappa shape index (κ1) is 12.4. The van der Waals surface area contributed by atoms with E-state index in [1.54, 1.807) is 0 Å². The molecule has 0 aliphatic heterocycles. The second kappa shape index (κ2) is 5.07. The molecule has 92 valence electrons. The molecule has 2 aromatic rings. The van der Waals surface area contributed by atoms with Crippen LogP contribution in [-0.4, -0.2) is 16.1 Å². The zero-order valence-electron chi connectivity index (χ0n) is 10.3. The van der Waals surface area contributed by atoms with Crippen molar-refractivity contribution in [3.63, 3.8) is 0 Å². The molecule has 0 saturated heterocycles. The fraction of sp³-hybridized carbons (Fsp3) is 0.462. The number of aryl methyl sites for hydroxylation is 1. The fourth-order valence-corrected chi connectivity index (χ4v) is 2.41. The molecule has 0 radical (unpaired) electrons. The monoisotopic (exact) mass is 251 g/mol. The number of halogens is 1. The molecule has 0 bridgehead atoms. The molecule has 0 amide bonds. The minimum atomic E-state index is 0.354. The van der Waals surface area contributed by atoms with Crippen molar-refractivity contribution in [3.8, 4) is 0 Å². The maximum atomic E-state index is 6.27. The molecule has 17 heavy (non-hydrogen) atoms. The largest absolute Gasteiger partial charge is 0.330 e. The summed E-state index contributed by atoms with van der Waals surface area (Å²) < 4.78 is 2.22. The van der Waals surface area contributed by atoms with Crippen LogP contribution in [0.1, 0.15) is 32.1 Å². The molecular weight excluding hydrogens is 234 g/mol. The zero-order valence-corrected chi connectivity index (χ0v) is 11.0. The van der Waals surface area contributed by atoms with Gasteiger partial charge in [0.1, 0.15) is 5.82 Å². The Balaban J connectivity index is 2.59. The SMILES string of the molecule is CC(C)n1c(CCCN)nc2cccc(Cl)c21. The molecular formula is C13H18ClN3. The molecule has 4 heteroatoms. The van der Waals surface area contributed by atoms with E-state index in [0.717, 1.165) is 34.7 Å². The zero-order chi connectivity index (χ0) is 12.4. The fourth-order valence-electron chi connectivity index (χ4n) is 2.15. The van der Waals surface area contributed by atoms with Crippen molar-refractivity contribution in [2.75, 3.05) is 6.54 Å². The lowest BCUT2D eigenvalue weighted by molar-refractivity contribution is 0.577. The number of fused-ring (bicyclic) bond motifs is 1. The lowest BCUT2D eigenvalue weighted by atomic mass is 10.2. The highest BCUT2D eigenvalue weighted by Gasteiger charge is 2.14. The third-order valence-corrected chi connectivity index (χ3v) is 3.16. The van der Waals surface area contributed by atoms with Gasteiger partial charge in [0, 0.05) is 12.5 Å². The number of nitrogens with two attached hydrogens (primary N) is 1. The van der Waals surface area contributed by atoms with E-state index in [9.17, 15) is 0 Å². The van der Waals surface area contributed by atoms with Crippen molar-refractivity contribution in [2.24, 2.45) is 5.73 Å². The predicted molar refractivity (Wildman–Crippen MR) is 72.5 cm³/mol. The summed E-state index contributed by atoms with van der Waals surface area (Å²) in [7, 11) is 0. The number of nitrogens with zero attached hydrogens (tertiary/aromatic N) is 2. The van der Waals surface area contributed by atoms with Crippen LogP contribution in [0.25, 0.3) is 11.0 Å². The Hall–Kier alpha value is -1.06. The third-order valence-electron chi connectivity index (χ3n) is 2.85. The quantitative estimate of drug-likeness (QED) is 0.907. The van der Waals surface area contributed by atoms with Gasteiger partial charge in [0.15, 0.2) is 0 Å². The Labute approximate surface area is 107 Å². The molecule has 2 rings (SSSR count). The number of aromatic nitrogens is 2. The summed E-state index contributed by atoms with van der Waals surface area (Å²) in [5, 5.41) is 0.766. The summed E-state index contributed by atoms with van der Waals surface area (Å²) in [5.41, 5.74) is 7.57. The first-order valence-corrected chi connectivity index (χ1v) is 6.38. The van der Waals surface area contributed by atoms with Crippen molar-refractivity contribution in [1.82, 2.24) is 9.55 Å². The van der Waals surface area contributed by atoms with Crippen LogP contribution in [-0.2, 0) is 6.42 Å². The van der Waals surface area contributed by atoms with Gasteiger partial charge in [-0.15, -0.1) is 0 Å². The van der Waals surface area contributed by atoms with Crippen molar-refractivity contribution in [2.45, 2.75) is 32.7 Å². The van der Waals surface area contributed by atoms with E-state index in [0.29, 0.717) is 12.6 Å². The first-order chi connectivity index (χ1) is 8.15. The van der Waals surface area contributed by atoms with Crippen LogP contribution < -0.4 is 5.73 Å². The van der Waals surface area contributed by atoms with E-state index in [4.69, 9.17) is 17.3 Å². The standard InChI is InChI=1S/C13H18ClN3/c1-9(2)17-12(7-4-8-15)16-11-6-3-5-10(14)13(11)17/h3,5-6,9H,4,7-8,15H2,1-2H3. The highest BCUT2D eigenvalue weighted by atomic mass is 35.5. The highest BCUT2D eigenvalue weighted by molar-refractivity contribution is 6.35. The maximum absolute atomic E-state index is 6.27. The van der Waals surface area contributed by atoms with Crippen LogP contribution in [0.15, 0.2) is 18.2 Å². The second-order valence-corrected chi connectivity index (χ2v) is 4.90. The Kier molecular flexibility index (Phi) is 3.69. The predicted octanol–water partition coefficient (Wildman–Crippen LogP) is 3.16. The normalized spacial score (nSPS) is 11.6. The highest BCUT2D eigenvalue weighted by Crippen LogP contribution is 2.28. The average molecular weight is 252 g/mol. The number of rotatable bonds is 4. The van der Waals surface area contributed by atoms with E-state index in [1.807, 2.05) is 18.2 Å². The van der Waals surface area contributed by atoms with Crippen LogP contribution in [0.2, 0.25) is 5.02 Å². The molecule has 3 nitrogen and oxygen atoms in total. The number of hydrogen-bond donors (Lipinski definition) is 1. The first-order valence-electron chi connectivity index (χ1n) is 6.00. The summed E-state index contributed by atoms with van der Waals surface area (Å²) in [4.78, 5) is 4.66. The van der Waals surface area contributed by atoms with Gasteiger partial charge in [-0.05, 0) is 38.9 Å². The topological polar surface area (TPSA) is 43.8 Å². The average Bonchev–Trinajstić information content (AvgIpc) is 2.66. The van der Waals surface area contributed by atoms with Crippen molar-refractivity contribution < 1.29 is 0 Å². The number of imidazole rings is 1. The Morgan fingerprint density at radius 2 is 2.18 bits per heavy atom. The Morgan fingerprint density at radius 3 is 2.82 bits per heavy atom. The van der Waals surface area contributed by atoms with Gasteiger partial charge in [0.05, 0.1) is 16.1 Å². The molecule has 0 spiro atoms. The lowest BCUT2D eigenvalue weighted by Crippen LogP contribution is -2.09. The van der Waals surface area contributed by atoms with E-state index in [1.165, 1.54) is 0 Å². The third kappa shape index (κ3) is 2.31. The molecule has 0 fully saturated rings. The number of para-hydroxylation sites is 1. The summed E-state index contributed by atoms with van der Waals surface area (Å²) in [6.07, 6.45) is 1.85. The Bertz CT molecular complexity index is 517. The van der Waals surface area contributed by atoms with Crippen LogP contribution >= 0.6 is 11.6 Å². The molecule has 0 aliphatic rings. The second-order valence-electron chi connectivity index (χ2n) is 4.49. The molecule has 2 N–H and O–H groups in total. The van der Waals surface area contributed by atoms with Gasteiger partial charge in [-0.1, -0.05) is 17.7 Å². The smallest absolute Gasteiger partial charge is 0.110 e. The molecule has 1 aromatic carbocycles. The Morgan fingerprint density at radius 1 is 1.41 bits per heavy atom. The van der Waals surface area contributed by atoms with Gasteiger partial charge in [-0.2, -0.15) is 0 Å². The molecule has 0 atom stereocenters. The van der Waals surface area contributed by atoms with Crippen LogP contribution in [0, 0.1) is 0 Å². The van der Waals surface area contributed by atoms with E-state index >= 15 is 0 Å². The van der Waals surface area contributed by atoms with Gasteiger partial charge < -0.3 is 10.3 Å². The van der Waals surface area contributed by atoms with E-state index in [2.05, 4.69) is 23.4 Å². The van der Waals surface area contributed by atoms with Gasteiger partial charge in [-0.25, -0.2) is 4.98 Å². The van der Waals surface area contributed by atoms with Crippen LogP contribution in [0.5, 0.6) is 0 Å². The van der Waals surface area contributed by atoms with Crippen LogP contribution in [0.3, 0.4) is 0 Å². The summed E-state index contributed by atoms with van der Waals surface area (Å²) in [6, 6.07) is 6.21. The molecule has 1 aromatic heterocycles. The van der Waals surface area contributed by atoms with Gasteiger partial charge in [0.2, 0.25) is 0 Å². The van der Waals surface area contributed by atoms with Gasteiger partial charge >= 0.3 is 0 Å². The van der Waals surface area contributed by atoms with Gasteiger partial charge in [-0.3, -0.25) is 0 Å². The number of benzene rings is 1. The van der Waals surface area contributed by atoms with Crippen molar-refractivity contribution >= 4 is 22.6 Å². The van der Waals surface area contributed by atoms with Crippen LogP contribution in [0.4, 0.5) is 0 Å². The molecule has 0 unspecified atom stereocenters. The van der Waals surface area contributed by atoms with E-state index in [-0.39, 0.29) is 0 Å². The maximum Gasteiger partial charge on any atom is 0.110 e. The molecule has 1 heterocycles. The minimum Gasteiger partial charge on any atom is -0.330 e. The summed E-state index contributed by atoms with van der Waals surface area (Å²) in [5.74, 6) is 1.08. The summed E-state index contributed by atoms with van der Waals surface area (Å²) >= 11 is 6.27. The molecule has 0 saturated carbocycles. The van der Waals surface area contributed by atoms with Crippen molar-refractivity contribution in [3.05, 3.63) is 29.0 Å². The molecule has 0 aliphatic carbocycles. The van der Waals surface area contributed by atoms with E-state index < -0.39 is 0 Å². The number of hydrogen-bond acceptors (Lipinski definition) is 2. The summed E-state index contributed by atoms with van der Waals surface area (Å²) in [6.45, 7) is 4.99. The van der Waals surface area contributed by atoms with Gasteiger partial charge in [0.25, 0.3) is 0 Å². The lowest BCUT2D eigenvalue weighted by Gasteiger charge is -2.13. The minimum absolute atomic E-state index is 0.354.